The van der Waals surface area contributed by atoms with Crippen LogP contribution in [-0.4, -0.2) is 43.0 Å². The summed E-state index contributed by atoms with van der Waals surface area (Å²) in [5.74, 6) is -0.106. The van der Waals surface area contributed by atoms with Crippen LogP contribution in [-0.2, 0) is 6.54 Å². The predicted octanol–water partition coefficient (Wildman–Crippen LogP) is 0.673. The highest BCUT2D eigenvalue weighted by atomic mass is 32.1. The van der Waals surface area contributed by atoms with Crippen molar-refractivity contribution in [1.29, 1.82) is 0 Å². The van der Waals surface area contributed by atoms with Crippen LogP contribution >= 0.6 is 11.3 Å². The van der Waals surface area contributed by atoms with E-state index in [4.69, 9.17) is 5.73 Å². The number of hydrogen-bond acceptors (Lipinski definition) is 5. The number of unbranched alkanes of at least 4 members (excludes halogenated alkanes) is 1. The molecule has 0 aliphatic heterocycles. The minimum Gasteiger partial charge on any atom is -0.351 e. The van der Waals surface area contributed by atoms with Crippen LogP contribution in [0.4, 0.5) is 0 Å². The quantitative estimate of drug-likeness (QED) is 0.704. The van der Waals surface area contributed by atoms with Crippen molar-refractivity contribution in [3.05, 3.63) is 16.1 Å². The van der Waals surface area contributed by atoms with Gasteiger partial charge in [-0.15, -0.1) is 11.3 Å². The van der Waals surface area contributed by atoms with Crippen LogP contribution in [0.3, 0.4) is 0 Å². The van der Waals surface area contributed by atoms with Gasteiger partial charge in [-0.25, -0.2) is 4.98 Å². The van der Waals surface area contributed by atoms with E-state index in [9.17, 15) is 4.79 Å². The second-order valence-corrected chi connectivity index (χ2v) is 5.04. The molecule has 3 N–H and O–H groups in total. The Morgan fingerprint density at radius 1 is 1.53 bits per heavy atom. The molecule has 0 aliphatic rings. The molecule has 6 heteroatoms. The molecular formula is C11H20N4OS. The zero-order valence-corrected chi connectivity index (χ0v) is 11.2. The third kappa shape index (κ3) is 5.25. The average molecular weight is 256 g/mol. The molecule has 0 saturated heterocycles. The number of rotatable bonds is 7. The molecule has 0 unspecified atom stereocenters. The zero-order valence-electron chi connectivity index (χ0n) is 10.4. The summed E-state index contributed by atoms with van der Waals surface area (Å²) in [6.07, 6.45) is 2.07. The number of hydrogen-bond donors (Lipinski definition) is 2. The van der Waals surface area contributed by atoms with Crippen molar-refractivity contribution < 1.29 is 4.79 Å². The highest BCUT2D eigenvalue weighted by Crippen LogP contribution is 2.08. The number of nitrogens with two attached hydrogens (primary N) is 1. The van der Waals surface area contributed by atoms with Crippen molar-refractivity contribution in [3.63, 3.8) is 0 Å². The second-order valence-electron chi connectivity index (χ2n) is 4.10. The first-order valence-electron chi connectivity index (χ1n) is 5.71. The van der Waals surface area contributed by atoms with Gasteiger partial charge in [0.25, 0.3) is 5.91 Å². The normalized spacial score (nSPS) is 10.8. The van der Waals surface area contributed by atoms with E-state index in [-0.39, 0.29) is 5.91 Å². The number of thiazole rings is 1. The summed E-state index contributed by atoms with van der Waals surface area (Å²) >= 11 is 1.42. The van der Waals surface area contributed by atoms with Gasteiger partial charge >= 0.3 is 0 Å². The lowest BCUT2D eigenvalue weighted by Crippen LogP contribution is -2.25. The molecule has 5 nitrogen and oxygen atoms in total. The van der Waals surface area contributed by atoms with Gasteiger partial charge < -0.3 is 16.0 Å². The third-order valence-corrected chi connectivity index (χ3v) is 3.15. The maximum absolute atomic E-state index is 11.7. The summed E-state index contributed by atoms with van der Waals surface area (Å²) in [6, 6.07) is 0. The first-order valence-corrected chi connectivity index (χ1v) is 6.59. The second kappa shape index (κ2) is 7.37. The molecule has 1 rings (SSSR count). The molecule has 0 saturated carbocycles. The van der Waals surface area contributed by atoms with Crippen molar-refractivity contribution in [2.24, 2.45) is 5.73 Å². The maximum atomic E-state index is 11.7. The topological polar surface area (TPSA) is 71.2 Å². The van der Waals surface area contributed by atoms with Gasteiger partial charge in [0.1, 0.15) is 10.7 Å². The molecule has 1 heterocycles. The van der Waals surface area contributed by atoms with Gasteiger partial charge in [-0.3, -0.25) is 4.79 Å². The molecule has 1 aromatic heterocycles. The van der Waals surface area contributed by atoms with Gasteiger partial charge in [0.05, 0.1) is 0 Å². The summed E-state index contributed by atoms with van der Waals surface area (Å²) in [4.78, 5) is 17.9. The average Bonchev–Trinajstić information content (AvgIpc) is 2.76. The summed E-state index contributed by atoms with van der Waals surface area (Å²) in [7, 11) is 4.09. The molecule has 0 atom stereocenters. The molecule has 1 aromatic rings. The van der Waals surface area contributed by atoms with Crippen molar-refractivity contribution in [2.75, 3.05) is 27.2 Å². The fourth-order valence-electron chi connectivity index (χ4n) is 1.35. The fourth-order valence-corrected chi connectivity index (χ4v) is 2.01. The van der Waals surface area contributed by atoms with E-state index < -0.39 is 0 Å². The minimum absolute atomic E-state index is 0.106. The van der Waals surface area contributed by atoms with Crippen LogP contribution in [0.15, 0.2) is 5.38 Å². The van der Waals surface area contributed by atoms with Gasteiger partial charge in [-0.05, 0) is 33.5 Å². The van der Waals surface area contributed by atoms with Gasteiger partial charge in [-0.2, -0.15) is 0 Å². The molecule has 0 spiro atoms. The van der Waals surface area contributed by atoms with Crippen LogP contribution in [0.2, 0.25) is 0 Å². The number of nitrogens with zero attached hydrogens (tertiary/aromatic N) is 2. The van der Waals surface area contributed by atoms with E-state index in [1.54, 1.807) is 5.38 Å². The van der Waals surface area contributed by atoms with Gasteiger partial charge in [0.2, 0.25) is 0 Å². The number of carbonyl (C=O) groups excluding carboxylic acids is 1. The number of nitrogens with one attached hydrogen (secondary N) is 1. The van der Waals surface area contributed by atoms with Crippen molar-refractivity contribution in [1.82, 2.24) is 15.2 Å². The largest absolute Gasteiger partial charge is 0.351 e. The Morgan fingerprint density at radius 3 is 2.88 bits per heavy atom. The molecule has 96 valence electrons. The predicted molar refractivity (Wildman–Crippen MR) is 70.1 cm³/mol. The highest BCUT2D eigenvalue weighted by Gasteiger charge is 2.08. The Labute approximate surface area is 106 Å². The summed E-state index contributed by atoms with van der Waals surface area (Å²) < 4.78 is 0. The van der Waals surface area contributed by atoms with Crippen LogP contribution in [0.1, 0.15) is 28.3 Å². The van der Waals surface area contributed by atoms with E-state index in [2.05, 4.69) is 15.2 Å². The molecule has 0 aromatic carbocycles. The lowest BCUT2D eigenvalue weighted by molar-refractivity contribution is 0.0948. The Bertz CT molecular complexity index is 351. The van der Waals surface area contributed by atoms with E-state index in [0.29, 0.717) is 18.8 Å². The molecule has 17 heavy (non-hydrogen) atoms. The van der Waals surface area contributed by atoms with Crippen LogP contribution in [0.5, 0.6) is 0 Å². The van der Waals surface area contributed by atoms with E-state index >= 15 is 0 Å². The first kappa shape index (κ1) is 14.1. The molecule has 0 bridgehead atoms. The van der Waals surface area contributed by atoms with Crippen molar-refractivity contribution >= 4 is 17.2 Å². The number of carbonyl (C=O) groups is 1. The first-order chi connectivity index (χ1) is 8.13. The summed E-state index contributed by atoms with van der Waals surface area (Å²) in [5.41, 5.74) is 5.92. The standard InChI is InChI=1S/C11H20N4OS/c1-15(2)6-4-3-5-13-11(16)9-8-17-10(7-12)14-9/h8H,3-7,12H2,1-2H3,(H,13,16). The molecule has 1 amide bonds. The molecule has 0 fully saturated rings. The van der Waals surface area contributed by atoms with Crippen molar-refractivity contribution in [3.8, 4) is 0 Å². The molecule has 0 radical (unpaired) electrons. The number of amides is 1. The monoisotopic (exact) mass is 256 g/mol. The van der Waals surface area contributed by atoms with Gasteiger partial charge in [-0.1, -0.05) is 0 Å². The SMILES string of the molecule is CN(C)CCCCNC(=O)c1csc(CN)n1. The fraction of sp³-hybridized carbons (Fsp3) is 0.636. The third-order valence-electron chi connectivity index (χ3n) is 2.28. The van der Waals surface area contributed by atoms with Crippen LogP contribution in [0, 0.1) is 0 Å². The van der Waals surface area contributed by atoms with E-state index in [1.165, 1.54) is 11.3 Å². The maximum Gasteiger partial charge on any atom is 0.270 e. The van der Waals surface area contributed by atoms with Crippen molar-refractivity contribution in [2.45, 2.75) is 19.4 Å². The minimum atomic E-state index is -0.106. The Morgan fingerprint density at radius 2 is 2.29 bits per heavy atom. The van der Waals surface area contributed by atoms with E-state index in [0.717, 1.165) is 24.4 Å². The molecule has 0 aliphatic carbocycles. The summed E-state index contributed by atoms with van der Waals surface area (Å²) in [5, 5.41) is 5.40. The lowest BCUT2D eigenvalue weighted by atomic mass is 10.3. The lowest BCUT2D eigenvalue weighted by Gasteiger charge is -2.08. The van der Waals surface area contributed by atoms with Crippen LogP contribution < -0.4 is 11.1 Å². The Hall–Kier alpha value is -0.980. The Balaban J connectivity index is 2.21. The Kier molecular flexibility index (Phi) is 6.10. The van der Waals surface area contributed by atoms with Crippen LogP contribution in [0.25, 0.3) is 0 Å². The molecular weight excluding hydrogens is 236 g/mol. The van der Waals surface area contributed by atoms with Gasteiger partial charge in [0.15, 0.2) is 0 Å². The summed E-state index contributed by atoms with van der Waals surface area (Å²) in [6.45, 7) is 2.13. The highest BCUT2D eigenvalue weighted by molar-refractivity contribution is 7.09. The van der Waals surface area contributed by atoms with Gasteiger partial charge in [0, 0.05) is 18.5 Å². The smallest absolute Gasteiger partial charge is 0.270 e. The zero-order chi connectivity index (χ0) is 12.7. The number of aromatic nitrogens is 1. The van der Waals surface area contributed by atoms with E-state index in [1.807, 2.05) is 14.1 Å².